The van der Waals surface area contributed by atoms with Crippen molar-refractivity contribution in [2.24, 2.45) is 0 Å². The van der Waals surface area contributed by atoms with Crippen molar-refractivity contribution in [2.75, 3.05) is 5.32 Å². The van der Waals surface area contributed by atoms with Gasteiger partial charge in [-0.1, -0.05) is 42.5 Å². The predicted molar refractivity (Wildman–Crippen MR) is 135 cm³/mol. The summed E-state index contributed by atoms with van der Waals surface area (Å²) in [5.74, 6) is -0.433. The van der Waals surface area contributed by atoms with Gasteiger partial charge in [0.2, 0.25) is 5.91 Å². The third-order valence-corrected chi connectivity index (χ3v) is 6.45. The molecule has 190 valence electrons. The van der Waals surface area contributed by atoms with E-state index in [0.29, 0.717) is 17.9 Å². The number of nitrogens with one attached hydrogen (secondary N) is 1. The Kier molecular flexibility index (Phi) is 5.97. The third-order valence-electron chi connectivity index (χ3n) is 6.45. The summed E-state index contributed by atoms with van der Waals surface area (Å²) in [5.41, 5.74) is 2.66. The van der Waals surface area contributed by atoms with E-state index in [-0.39, 0.29) is 29.0 Å². The van der Waals surface area contributed by atoms with Crippen molar-refractivity contribution in [1.82, 2.24) is 24.5 Å². The molecule has 0 bridgehead atoms. The number of carbonyl (C=O) groups is 1. The van der Waals surface area contributed by atoms with E-state index in [4.69, 9.17) is 0 Å². The van der Waals surface area contributed by atoms with E-state index in [2.05, 4.69) is 38.7 Å². The summed E-state index contributed by atoms with van der Waals surface area (Å²) in [5, 5.41) is 13.9. The van der Waals surface area contributed by atoms with Crippen molar-refractivity contribution < 1.29 is 18.0 Å². The molecule has 0 unspecified atom stereocenters. The van der Waals surface area contributed by atoms with Gasteiger partial charge in [0.25, 0.3) is 0 Å². The quantitative estimate of drug-likeness (QED) is 0.331. The van der Waals surface area contributed by atoms with E-state index in [0.717, 1.165) is 28.1 Å². The number of nitrogens with zero attached hydrogens (tertiary/aromatic N) is 5. The van der Waals surface area contributed by atoms with E-state index < -0.39 is 17.6 Å². The highest BCUT2D eigenvalue weighted by Crippen LogP contribution is 2.36. The summed E-state index contributed by atoms with van der Waals surface area (Å²) >= 11 is 0. The van der Waals surface area contributed by atoms with E-state index in [1.54, 1.807) is 6.92 Å². The van der Waals surface area contributed by atoms with Crippen LogP contribution in [0.15, 0.2) is 48.5 Å². The minimum Gasteiger partial charge on any atom is -0.321 e. The van der Waals surface area contributed by atoms with Crippen LogP contribution in [0.2, 0.25) is 0 Å². The average Bonchev–Trinajstić information content (AvgIpc) is 3.28. The van der Waals surface area contributed by atoms with Crippen molar-refractivity contribution in [3.05, 3.63) is 82.4 Å². The van der Waals surface area contributed by atoms with Gasteiger partial charge in [-0.3, -0.25) is 9.48 Å². The molecule has 0 atom stereocenters. The molecule has 0 aliphatic rings. The van der Waals surface area contributed by atoms with E-state index in [9.17, 15) is 18.0 Å². The number of fused-ring (bicyclic) bond motifs is 2. The second-order valence-corrected chi connectivity index (χ2v) is 9.14. The molecular formula is C27H25F3N6O. The Morgan fingerprint density at radius 1 is 0.946 bits per heavy atom. The van der Waals surface area contributed by atoms with Gasteiger partial charge in [-0.15, -0.1) is 0 Å². The molecule has 0 saturated heterocycles. The molecule has 0 radical (unpaired) electrons. The van der Waals surface area contributed by atoms with Crippen molar-refractivity contribution in [3.63, 3.8) is 0 Å². The fraction of sp³-hybridized carbons (Fsp3) is 0.259. The van der Waals surface area contributed by atoms with Crippen LogP contribution in [0.3, 0.4) is 0 Å². The van der Waals surface area contributed by atoms with Gasteiger partial charge in [-0.25, -0.2) is 9.67 Å². The molecule has 5 rings (SSSR count). The Morgan fingerprint density at radius 2 is 1.65 bits per heavy atom. The molecule has 0 fully saturated rings. The minimum absolute atomic E-state index is 0.0278. The summed E-state index contributed by atoms with van der Waals surface area (Å²) < 4.78 is 43.9. The first-order valence-corrected chi connectivity index (χ1v) is 11.8. The van der Waals surface area contributed by atoms with Crippen LogP contribution >= 0.6 is 0 Å². The summed E-state index contributed by atoms with van der Waals surface area (Å²) in [6, 6.07) is 15.2. The van der Waals surface area contributed by atoms with Gasteiger partial charge >= 0.3 is 6.18 Å². The lowest BCUT2D eigenvalue weighted by molar-refractivity contribution is -0.136. The number of hydrogen-bond donors (Lipinski definition) is 1. The number of halogens is 3. The Balaban J connectivity index is 1.41. The van der Waals surface area contributed by atoms with Crippen molar-refractivity contribution in [2.45, 2.75) is 47.0 Å². The lowest BCUT2D eigenvalue weighted by Crippen LogP contribution is -2.20. The van der Waals surface area contributed by atoms with E-state index in [1.165, 1.54) is 18.5 Å². The first-order valence-electron chi connectivity index (χ1n) is 11.8. The number of benzene rings is 2. The molecular weight excluding hydrogens is 481 g/mol. The monoisotopic (exact) mass is 506 g/mol. The van der Waals surface area contributed by atoms with Gasteiger partial charge in [0.15, 0.2) is 5.65 Å². The Labute approximate surface area is 210 Å². The Hall–Kier alpha value is -4.21. The first-order chi connectivity index (χ1) is 17.5. The highest BCUT2D eigenvalue weighted by molar-refractivity contribution is 5.93. The molecule has 7 nitrogen and oxygen atoms in total. The summed E-state index contributed by atoms with van der Waals surface area (Å²) in [6.07, 6.45) is -4.56. The van der Waals surface area contributed by atoms with Gasteiger partial charge in [0.1, 0.15) is 6.54 Å². The maximum atomic E-state index is 13.6. The van der Waals surface area contributed by atoms with Crippen LogP contribution in [0.5, 0.6) is 0 Å². The number of alkyl halides is 3. The fourth-order valence-electron chi connectivity index (χ4n) is 4.75. The van der Waals surface area contributed by atoms with E-state index >= 15 is 0 Å². The van der Waals surface area contributed by atoms with Crippen molar-refractivity contribution in [1.29, 1.82) is 0 Å². The molecule has 10 heteroatoms. The van der Waals surface area contributed by atoms with Gasteiger partial charge in [-0.2, -0.15) is 23.4 Å². The minimum atomic E-state index is -4.56. The number of aryl methyl sites for hydroxylation is 3. The molecule has 3 aromatic heterocycles. The number of rotatable bonds is 5. The molecule has 5 aromatic rings. The van der Waals surface area contributed by atoms with Gasteiger partial charge in [0, 0.05) is 5.69 Å². The number of aromatic nitrogens is 5. The predicted octanol–water partition coefficient (Wildman–Crippen LogP) is 5.72. The normalized spacial score (nSPS) is 12.0. The lowest BCUT2D eigenvalue weighted by atomic mass is 10.0. The molecule has 0 saturated carbocycles. The maximum absolute atomic E-state index is 13.6. The average molecular weight is 507 g/mol. The van der Waals surface area contributed by atoms with E-state index in [1.807, 2.05) is 35.9 Å². The number of amides is 1. The number of pyridine rings is 1. The van der Waals surface area contributed by atoms with Crippen LogP contribution in [0.1, 0.15) is 33.9 Å². The van der Waals surface area contributed by atoms with Gasteiger partial charge in [-0.05, 0) is 50.1 Å². The molecule has 0 aliphatic carbocycles. The summed E-state index contributed by atoms with van der Waals surface area (Å²) in [6.45, 7) is 6.87. The number of anilines is 1. The summed E-state index contributed by atoms with van der Waals surface area (Å²) in [4.78, 5) is 17.2. The lowest BCUT2D eigenvalue weighted by Gasteiger charge is -2.11. The second-order valence-electron chi connectivity index (χ2n) is 9.14. The first kappa shape index (κ1) is 24.5. The number of hydrogen-bond acceptors (Lipinski definition) is 4. The van der Waals surface area contributed by atoms with Crippen LogP contribution in [0, 0.1) is 27.7 Å². The van der Waals surface area contributed by atoms with Crippen LogP contribution < -0.4 is 5.32 Å². The Bertz CT molecular complexity index is 1660. The third kappa shape index (κ3) is 4.54. The van der Waals surface area contributed by atoms with Crippen molar-refractivity contribution >= 4 is 33.4 Å². The van der Waals surface area contributed by atoms with Crippen molar-refractivity contribution in [3.8, 4) is 0 Å². The molecule has 2 aromatic carbocycles. The molecule has 1 amide bonds. The van der Waals surface area contributed by atoms with Gasteiger partial charge in [0.05, 0.1) is 40.3 Å². The molecule has 0 spiro atoms. The zero-order valence-corrected chi connectivity index (χ0v) is 20.8. The largest absolute Gasteiger partial charge is 0.417 e. The second kappa shape index (κ2) is 9.02. The SMILES string of the molecule is Cc1cc(C(F)(F)F)c2c(C)nn(CC(=O)Nc3c(C)nn(Cc4cccc5ccccc45)c3C)c2n1. The highest BCUT2D eigenvalue weighted by Gasteiger charge is 2.35. The summed E-state index contributed by atoms with van der Waals surface area (Å²) in [7, 11) is 0. The smallest absolute Gasteiger partial charge is 0.321 e. The molecule has 0 aliphatic heterocycles. The maximum Gasteiger partial charge on any atom is 0.417 e. The molecule has 1 N–H and O–H groups in total. The fourth-order valence-corrected chi connectivity index (χ4v) is 4.75. The zero-order chi connectivity index (χ0) is 26.5. The zero-order valence-electron chi connectivity index (χ0n) is 20.8. The van der Waals surface area contributed by atoms with Gasteiger partial charge < -0.3 is 5.32 Å². The van der Waals surface area contributed by atoms with Crippen LogP contribution in [-0.2, 0) is 24.1 Å². The number of carbonyl (C=O) groups excluding carboxylic acids is 1. The topological polar surface area (TPSA) is 77.6 Å². The molecule has 3 heterocycles. The standard InChI is InChI=1S/C27H25F3N6O/c1-15-12-22(27(28,29)30)24-16(2)33-36(26(24)31-15)14-23(37)32-25-17(3)34-35(18(25)4)13-20-10-7-9-19-8-5-6-11-21(19)20/h5-12H,13-14H2,1-4H3,(H,32,37). The highest BCUT2D eigenvalue weighted by atomic mass is 19.4. The van der Waals surface area contributed by atoms with Crippen LogP contribution in [-0.4, -0.2) is 30.5 Å². The van der Waals surface area contributed by atoms with Crippen LogP contribution in [0.25, 0.3) is 21.8 Å². The van der Waals surface area contributed by atoms with Crippen LogP contribution in [0.4, 0.5) is 18.9 Å². The Morgan fingerprint density at radius 3 is 2.41 bits per heavy atom. The molecule has 37 heavy (non-hydrogen) atoms.